The summed E-state index contributed by atoms with van der Waals surface area (Å²) in [6.45, 7) is 1.24. The maximum absolute atomic E-state index is 13.4. The van der Waals surface area contributed by atoms with E-state index in [1.54, 1.807) is 4.90 Å². The topological polar surface area (TPSA) is 52.7 Å². The van der Waals surface area contributed by atoms with Crippen LogP contribution in [-0.4, -0.2) is 42.0 Å². The van der Waals surface area contributed by atoms with E-state index < -0.39 is 0 Å². The van der Waals surface area contributed by atoms with E-state index >= 15 is 0 Å². The fourth-order valence-corrected chi connectivity index (χ4v) is 5.19. The number of hydrogen-bond donors (Lipinski definition) is 1. The molecule has 150 valence electrons. The number of carbonyl (C=O) groups excluding carboxylic acids is 2. The molecule has 5 rings (SSSR count). The number of benzene rings is 2. The van der Waals surface area contributed by atoms with Crippen molar-refractivity contribution in [1.82, 2.24) is 10.2 Å². The van der Waals surface area contributed by atoms with Crippen molar-refractivity contribution in [2.24, 2.45) is 0 Å². The van der Waals surface area contributed by atoms with Crippen LogP contribution in [0.25, 0.3) is 0 Å². The first-order valence-electron chi connectivity index (χ1n) is 10.3. The van der Waals surface area contributed by atoms with E-state index in [0.29, 0.717) is 24.6 Å². The third kappa shape index (κ3) is 3.26. The van der Waals surface area contributed by atoms with Gasteiger partial charge in [-0.2, -0.15) is 0 Å². The lowest BCUT2D eigenvalue weighted by Gasteiger charge is -2.39. The second kappa shape index (κ2) is 7.17. The number of urea groups is 1. The van der Waals surface area contributed by atoms with Gasteiger partial charge in [0, 0.05) is 36.4 Å². The SMILES string of the molecule is O=C1NCCN1c1cccc(C(=O)N2C3CCC2CC(c2ccc(F)cc2)C3)c1. The van der Waals surface area contributed by atoms with Gasteiger partial charge in [-0.15, -0.1) is 0 Å². The number of piperidine rings is 1. The third-order valence-corrected chi connectivity index (χ3v) is 6.57. The Balaban J connectivity index is 1.35. The minimum absolute atomic E-state index is 0.0523. The first-order valence-corrected chi connectivity index (χ1v) is 10.3. The second-order valence-electron chi connectivity index (χ2n) is 8.25. The molecule has 29 heavy (non-hydrogen) atoms. The number of nitrogens with zero attached hydrogens (tertiary/aromatic N) is 2. The summed E-state index contributed by atoms with van der Waals surface area (Å²) in [4.78, 5) is 29.0. The lowest BCUT2D eigenvalue weighted by atomic mass is 9.85. The summed E-state index contributed by atoms with van der Waals surface area (Å²) in [5, 5.41) is 2.80. The Kier molecular flexibility index (Phi) is 4.49. The fourth-order valence-electron chi connectivity index (χ4n) is 5.19. The van der Waals surface area contributed by atoms with Crippen molar-refractivity contribution in [3.8, 4) is 0 Å². The zero-order valence-corrected chi connectivity index (χ0v) is 16.2. The van der Waals surface area contributed by atoms with Gasteiger partial charge in [0.2, 0.25) is 0 Å². The molecule has 1 N–H and O–H groups in total. The van der Waals surface area contributed by atoms with Crippen molar-refractivity contribution in [3.63, 3.8) is 0 Å². The summed E-state index contributed by atoms with van der Waals surface area (Å²) < 4.78 is 13.3. The molecule has 3 aliphatic heterocycles. The van der Waals surface area contributed by atoms with Gasteiger partial charge in [0.15, 0.2) is 0 Å². The van der Waals surface area contributed by atoms with Crippen LogP contribution < -0.4 is 10.2 Å². The van der Waals surface area contributed by atoms with Crippen LogP contribution in [0.1, 0.15) is 47.5 Å². The van der Waals surface area contributed by atoms with E-state index in [4.69, 9.17) is 0 Å². The molecule has 2 atom stereocenters. The van der Waals surface area contributed by atoms with Gasteiger partial charge in [0.25, 0.3) is 5.91 Å². The predicted molar refractivity (Wildman–Crippen MR) is 109 cm³/mol. The molecule has 2 aromatic carbocycles. The van der Waals surface area contributed by atoms with Crippen LogP contribution in [0.15, 0.2) is 48.5 Å². The van der Waals surface area contributed by atoms with Gasteiger partial charge in [-0.25, -0.2) is 9.18 Å². The van der Waals surface area contributed by atoms with Crippen molar-refractivity contribution < 1.29 is 14.0 Å². The van der Waals surface area contributed by atoms with Crippen LogP contribution in [0, 0.1) is 5.82 Å². The molecule has 0 aromatic heterocycles. The Bertz CT molecular complexity index is 931. The summed E-state index contributed by atoms with van der Waals surface area (Å²) in [5.41, 5.74) is 2.57. The van der Waals surface area contributed by atoms with E-state index in [1.807, 2.05) is 36.4 Å². The lowest BCUT2D eigenvalue weighted by molar-refractivity contribution is 0.0571. The minimum Gasteiger partial charge on any atom is -0.336 e. The van der Waals surface area contributed by atoms with E-state index in [9.17, 15) is 14.0 Å². The molecule has 3 saturated heterocycles. The summed E-state index contributed by atoms with van der Waals surface area (Å²) in [6.07, 6.45) is 3.87. The molecule has 0 aliphatic carbocycles. The summed E-state index contributed by atoms with van der Waals surface area (Å²) >= 11 is 0. The first-order chi connectivity index (χ1) is 14.1. The van der Waals surface area contributed by atoms with Crippen LogP contribution in [0.4, 0.5) is 14.9 Å². The van der Waals surface area contributed by atoms with Crippen molar-refractivity contribution in [2.75, 3.05) is 18.0 Å². The van der Waals surface area contributed by atoms with E-state index in [-0.39, 0.29) is 29.8 Å². The Labute approximate surface area is 169 Å². The van der Waals surface area contributed by atoms with Gasteiger partial charge in [-0.05, 0) is 67.5 Å². The Morgan fingerprint density at radius 2 is 1.76 bits per heavy atom. The molecule has 2 unspecified atom stereocenters. The molecule has 2 bridgehead atoms. The molecule has 3 amide bonds. The highest BCUT2D eigenvalue weighted by Crippen LogP contribution is 2.43. The molecule has 5 nitrogen and oxygen atoms in total. The Morgan fingerprint density at radius 3 is 2.41 bits per heavy atom. The molecule has 6 heteroatoms. The highest BCUT2D eigenvalue weighted by atomic mass is 19.1. The molecular formula is C23H24FN3O2. The average molecular weight is 393 g/mol. The molecule has 0 radical (unpaired) electrons. The molecule has 3 heterocycles. The summed E-state index contributed by atoms with van der Waals surface area (Å²) in [6, 6.07) is 14.5. The number of carbonyl (C=O) groups is 2. The zero-order valence-electron chi connectivity index (χ0n) is 16.2. The highest BCUT2D eigenvalue weighted by molar-refractivity contribution is 5.98. The van der Waals surface area contributed by atoms with Crippen molar-refractivity contribution >= 4 is 17.6 Å². The molecule has 3 aliphatic rings. The number of fused-ring (bicyclic) bond motifs is 2. The number of rotatable bonds is 3. The summed E-state index contributed by atoms with van der Waals surface area (Å²) in [7, 11) is 0. The highest BCUT2D eigenvalue weighted by Gasteiger charge is 2.43. The lowest BCUT2D eigenvalue weighted by Crippen LogP contribution is -2.46. The molecule has 0 saturated carbocycles. The van der Waals surface area contributed by atoms with Gasteiger partial charge in [-0.3, -0.25) is 9.69 Å². The number of nitrogens with one attached hydrogen (secondary N) is 1. The van der Waals surface area contributed by atoms with Gasteiger partial charge in [-0.1, -0.05) is 18.2 Å². The van der Waals surface area contributed by atoms with E-state index in [2.05, 4.69) is 10.2 Å². The maximum Gasteiger partial charge on any atom is 0.321 e. The van der Waals surface area contributed by atoms with Crippen LogP contribution >= 0.6 is 0 Å². The van der Waals surface area contributed by atoms with Gasteiger partial charge in [0.05, 0.1) is 0 Å². The number of anilines is 1. The maximum atomic E-state index is 13.4. The largest absolute Gasteiger partial charge is 0.336 e. The average Bonchev–Trinajstić information content (AvgIpc) is 3.28. The van der Waals surface area contributed by atoms with E-state index in [1.165, 1.54) is 12.1 Å². The van der Waals surface area contributed by atoms with Gasteiger partial charge in [0.1, 0.15) is 5.82 Å². The van der Waals surface area contributed by atoms with Crippen molar-refractivity contribution in [1.29, 1.82) is 0 Å². The van der Waals surface area contributed by atoms with Crippen molar-refractivity contribution in [2.45, 2.75) is 43.7 Å². The fraction of sp³-hybridized carbons (Fsp3) is 0.391. The third-order valence-electron chi connectivity index (χ3n) is 6.57. The van der Waals surface area contributed by atoms with Crippen molar-refractivity contribution in [3.05, 3.63) is 65.5 Å². The smallest absolute Gasteiger partial charge is 0.321 e. The monoisotopic (exact) mass is 393 g/mol. The molecule has 2 aromatic rings. The molecular weight excluding hydrogens is 369 g/mol. The molecule has 0 spiro atoms. The minimum atomic E-state index is -0.212. The normalized spacial score (nSPS) is 26.0. The Hall–Kier alpha value is -2.89. The van der Waals surface area contributed by atoms with Crippen LogP contribution in [0.2, 0.25) is 0 Å². The van der Waals surface area contributed by atoms with Crippen LogP contribution in [-0.2, 0) is 0 Å². The van der Waals surface area contributed by atoms with Crippen LogP contribution in [0.3, 0.4) is 0 Å². The Morgan fingerprint density at radius 1 is 1.03 bits per heavy atom. The van der Waals surface area contributed by atoms with Gasteiger partial charge >= 0.3 is 6.03 Å². The second-order valence-corrected chi connectivity index (χ2v) is 8.25. The number of amides is 3. The standard InChI is InChI=1S/C23H24FN3O2/c24-18-6-4-15(5-7-18)17-13-20-8-9-21(14-17)27(20)22(28)16-2-1-3-19(12-16)26-11-10-25-23(26)29/h1-7,12,17,20-21H,8-11,13-14H2,(H,25,29). The number of halogens is 1. The zero-order chi connectivity index (χ0) is 20.0. The quantitative estimate of drug-likeness (QED) is 0.860. The number of hydrogen-bond acceptors (Lipinski definition) is 2. The predicted octanol–water partition coefficient (Wildman–Crippen LogP) is 3.91. The first kappa shape index (κ1) is 18.2. The molecule has 3 fully saturated rings. The van der Waals surface area contributed by atoms with E-state index in [0.717, 1.165) is 36.9 Å². The van der Waals surface area contributed by atoms with Crippen LogP contribution in [0.5, 0.6) is 0 Å². The summed E-state index contributed by atoms with van der Waals surface area (Å²) in [5.74, 6) is 0.212. The van der Waals surface area contributed by atoms with Gasteiger partial charge < -0.3 is 10.2 Å².